The molecule has 4 heterocycles. The van der Waals surface area contributed by atoms with Crippen LogP contribution in [-0.4, -0.2) is 56.9 Å². The van der Waals surface area contributed by atoms with Gasteiger partial charge in [0.25, 0.3) is 0 Å². The van der Waals surface area contributed by atoms with Gasteiger partial charge in [0.15, 0.2) is 17.5 Å². The Labute approximate surface area is 161 Å². The fourth-order valence-electron chi connectivity index (χ4n) is 3.89. The first-order valence-electron chi connectivity index (χ1n) is 9.09. The molecule has 1 fully saturated rings. The molecule has 0 aliphatic carbocycles. The summed E-state index contributed by atoms with van der Waals surface area (Å²) in [5.74, 6) is 1.86. The van der Waals surface area contributed by atoms with Gasteiger partial charge < -0.3 is 19.9 Å². The molecule has 1 saturated heterocycles. The maximum atomic E-state index is 12.4. The smallest absolute Gasteiger partial charge is 0.248 e. The summed E-state index contributed by atoms with van der Waals surface area (Å²) in [5.41, 5.74) is 3.75. The number of aromatic nitrogens is 5. The first kappa shape index (κ1) is 16.8. The van der Waals surface area contributed by atoms with E-state index >= 15 is 0 Å². The molecule has 5 rings (SSSR count). The molecule has 2 aromatic heterocycles. The second kappa shape index (κ2) is 6.38. The van der Waals surface area contributed by atoms with Gasteiger partial charge in [-0.2, -0.15) is 0 Å². The number of anilines is 2. The van der Waals surface area contributed by atoms with Crippen molar-refractivity contribution in [2.24, 2.45) is 0 Å². The number of methoxy groups -OCH3 is 1. The minimum atomic E-state index is -0.267. The molecule has 1 aromatic carbocycles. The predicted octanol–water partition coefficient (Wildman–Crippen LogP) is 1.78. The van der Waals surface area contributed by atoms with Crippen molar-refractivity contribution >= 4 is 17.5 Å². The largest absolute Gasteiger partial charge is 0.380 e. The van der Waals surface area contributed by atoms with Gasteiger partial charge in [-0.15, -0.1) is 10.2 Å². The van der Waals surface area contributed by atoms with Crippen molar-refractivity contribution in [2.45, 2.75) is 25.5 Å². The van der Waals surface area contributed by atoms with E-state index in [9.17, 15) is 4.79 Å². The lowest BCUT2D eigenvalue weighted by Gasteiger charge is -2.30. The summed E-state index contributed by atoms with van der Waals surface area (Å²) >= 11 is 0. The molecule has 3 aromatic rings. The van der Waals surface area contributed by atoms with Crippen LogP contribution in [0.1, 0.15) is 12.0 Å². The SMILES string of the molecule is CO[C@@H]1C[C@@H]2C(=O)Nc3ncc(-c4ccc(-c5nnc[nH]5)cc4C)nc3N2C1. The van der Waals surface area contributed by atoms with Crippen molar-refractivity contribution in [2.75, 3.05) is 23.9 Å². The van der Waals surface area contributed by atoms with Crippen molar-refractivity contribution in [3.05, 3.63) is 36.3 Å². The van der Waals surface area contributed by atoms with Crippen LogP contribution in [0.25, 0.3) is 22.6 Å². The van der Waals surface area contributed by atoms with E-state index in [0.717, 1.165) is 28.2 Å². The first-order chi connectivity index (χ1) is 13.6. The number of rotatable bonds is 3. The van der Waals surface area contributed by atoms with Crippen LogP contribution in [-0.2, 0) is 9.53 Å². The van der Waals surface area contributed by atoms with Crippen molar-refractivity contribution in [1.82, 2.24) is 25.1 Å². The Kier molecular flexibility index (Phi) is 3.83. The lowest BCUT2D eigenvalue weighted by atomic mass is 10.0. The third kappa shape index (κ3) is 2.63. The Bertz CT molecular complexity index is 1050. The van der Waals surface area contributed by atoms with E-state index in [4.69, 9.17) is 9.72 Å². The average molecular weight is 377 g/mol. The quantitative estimate of drug-likeness (QED) is 0.716. The molecule has 2 aliphatic heterocycles. The number of aromatic amines is 1. The summed E-state index contributed by atoms with van der Waals surface area (Å²) < 4.78 is 5.47. The van der Waals surface area contributed by atoms with Crippen molar-refractivity contribution in [3.63, 3.8) is 0 Å². The Hall–Kier alpha value is -3.33. The average Bonchev–Trinajstić information content (AvgIpc) is 3.38. The molecule has 0 bridgehead atoms. The Morgan fingerprint density at radius 2 is 2.21 bits per heavy atom. The molecule has 0 radical (unpaired) electrons. The van der Waals surface area contributed by atoms with Gasteiger partial charge in [0.2, 0.25) is 5.91 Å². The highest BCUT2D eigenvalue weighted by molar-refractivity contribution is 6.02. The highest BCUT2D eigenvalue weighted by Gasteiger charge is 2.42. The molecule has 2 aliphatic rings. The van der Waals surface area contributed by atoms with E-state index in [1.165, 1.54) is 0 Å². The van der Waals surface area contributed by atoms with Crippen molar-refractivity contribution in [1.29, 1.82) is 0 Å². The number of hydrogen-bond acceptors (Lipinski definition) is 7. The molecule has 142 valence electrons. The standard InChI is InChI=1S/C19H19N7O2/c1-10-5-11(16-21-9-22-25-16)3-4-13(10)14-7-20-17-18(23-14)26-8-12(28-2)6-15(26)19(27)24-17/h3-5,7,9,12,15H,6,8H2,1-2H3,(H,20,24,27)(H,21,22,25)/t12-,15-/m1/s1. The number of H-pyrrole nitrogens is 1. The van der Waals surface area contributed by atoms with Crippen LogP contribution in [0.2, 0.25) is 0 Å². The fraction of sp³-hybridized carbons (Fsp3) is 0.316. The first-order valence-corrected chi connectivity index (χ1v) is 9.09. The predicted molar refractivity (Wildman–Crippen MR) is 103 cm³/mol. The molecule has 1 amide bonds. The minimum absolute atomic E-state index is 0.00933. The number of fused-ring (bicyclic) bond motifs is 3. The zero-order chi connectivity index (χ0) is 19.3. The van der Waals surface area contributed by atoms with Crippen LogP contribution in [0.15, 0.2) is 30.7 Å². The van der Waals surface area contributed by atoms with Crippen LogP contribution in [0, 0.1) is 6.92 Å². The number of nitrogens with one attached hydrogen (secondary N) is 2. The summed E-state index contributed by atoms with van der Waals surface area (Å²) in [6.45, 7) is 2.65. The molecular weight excluding hydrogens is 358 g/mol. The summed E-state index contributed by atoms with van der Waals surface area (Å²) in [4.78, 5) is 26.7. The fourth-order valence-corrected chi connectivity index (χ4v) is 3.89. The van der Waals surface area contributed by atoms with Gasteiger partial charge in [0, 0.05) is 31.2 Å². The third-order valence-electron chi connectivity index (χ3n) is 5.36. The zero-order valence-corrected chi connectivity index (χ0v) is 15.5. The Morgan fingerprint density at radius 1 is 1.32 bits per heavy atom. The molecule has 0 unspecified atom stereocenters. The molecule has 0 saturated carbocycles. The highest BCUT2D eigenvalue weighted by atomic mass is 16.5. The van der Waals surface area contributed by atoms with Gasteiger partial charge in [0.1, 0.15) is 12.4 Å². The number of carbonyl (C=O) groups is 1. The highest BCUT2D eigenvalue weighted by Crippen LogP contribution is 2.36. The van der Waals surface area contributed by atoms with Gasteiger partial charge in [-0.25, -0.2) is 9.97 Å². The summed E-state index contributed by atoms with van der Waals surface area (Å²) in [7, 11) is 1.67. The van der Waals surface area contributed by atoms with E-state index in [0.29, 0.717) is 24.6 Å². The van der Waals surface area contributed by atoms with Gasteiger partial charge in [0.05, 0.1) is 18.0 Å². The number of aryl methyl sites for hydroxylation is 1. The number of ether oxygens (including phenoxy) is 1. The summed E-state index contributed by atoms with van der Waals surface area (Å²) in [6, 6.07) is 5.76. The normalized spacial score (nSPS) is 20.6. The molecular formula is C19H19N7O2. The lowest BCUT2D eigenvalue weighted by molar-refractivity contribution is -0.117. The second-order valence-corrected chi connectivity index (χ2v) is 7.05. The number of hydrogen-bond donors (Lipinski definition) is 2. The topological polar surface area (TPSA) is 109 Å². The van der Waals surface area contributed by atoms with Crippen LogP contribution in [0.5, 0.6) is 0 Å². The van der Waals surface area contributed by atoms with Crippen LogP contribution >= 0.6 is 0 Å². The molecule has 9 nitrogen and oxygen atoms in total. The van der Waals surface area contributed by atoms with E-state index in [1.54, 1.807) is 19.6 Å². The van der Waals surface area contributed by atoms with Gasteiger partial charge in [-0.1, -0.05) is 12.1 Å². The monoisotopic (exact) mass is 377 g/mol. The summed E-state index contributed by atoms with van der Waals surface area (Å²) in [6.07, 6.45) is 3.91. The Balaban J connectivity index is 1.53. The molecule has 9 heteroatoms. The van der Waals surface area contributed by atoms with E-state index in [-0.39, 0.29) is 18.1 Å². The number of nitrogens with zero attached hydrogens (tertiary/aromatic N) is 5. The van der Waals surface area contributed by atoms with Gasteiger partial charge >= 0.3 is 0 Å². The third-order valence-corrected chi connectivity index (χ3v) is 5.36. The molecule has 2 atom stereocenters. The summed E-state index contributed by atoms with van der Waals surface area (Å²) in [5, 5.41) is 10.8. The lowest BCUT2D eigenvalue weighted by Crippen LogP contribution is -2.44. The second-order valence-electron chi connectivity index (χ2n) is 7.05. The van der Waals surface area contributed by atoms with Crippen LogP contribution < -0.4 is 10.2 Å². The Morgan fingerprint density at radius 3 is 2.96 bits per heavy atom. The van der Waals surface area contributed by atoms with Gasteiger partial charge in [-0.3, -0.25) is 4.79 Å². The maximum Gasteiger partial charge on any atom is 0.248 e. The number of benzene rings is 1. The molecule has 2 N–H and O–H groups in total. The maximum absolute atomic E-state index is 12.4. The van der Waals surface area contributed by atoms with E-state index in [1.807, 2.05) is 30.0 Å². The zero-order valence-electron chi connectivity index (χ0n) is 15.5. The van der Waals surface area contributed by atoms with E-state index in [2.05, 4.69) is 25.5 Å². The minimum Gasteiger partial charge on any atom is -0.380 e. The molecule has 28 heavy (non-hydrogen) atoms. The number of amides is 1. The van der Waals surface area contributed by atoms with Crippen LogP contribution in [0.3, 0.4) is 0 Å². The van der Waals surface area contributed by atoms with Crippen molar-refractivity contribution in [3.8, 4) is 22.6 Å². The van der Waals surface area contributed by atoms with Crippen molar-refractivity contribution < 1.29 is 9.53 Å². The molecule has 0 spiro atoms. The van der Waals surface area contributed by atoms with E-state index < -0.39 is 0 Å². The number of carbonyl (C=O) groups excluding carboxylic acids is 1. The van der Waals surface area contributed by atoms with Gasteiger partial charge in [-0.05, 0) is 18.6 Å². The van der Waals surface area contributed by atoms with Crippen LogP contribution in [0.4, 0.5) is 11.6 Å².